The molecule has 1 fully saturated rings. The first-order valence-corrected chi connectivity index (χ1v) is 8.61. The minimum Gasteiger partial charge on any atom is -0.490 e. The highest BCUT2D eigenvalue weighted by molar-refractivity contribution is 5.96. The van der Waals surface area contributed by atoms with Gasteiger partial charge < -0.3 is 9.30 Å². The van der Waals surface area contributed by atoms with Crippen molar-refractivity contribution in [3.05, 3.63) is 52.7 Å². The van der Waals surface area contributed by atoms with Crippen LogP contribution in [0.2, 0.25) is 0 Å². The molecule has 0 saturated carbocycles. The monoisotopic (exact) mass is 322 g/mol. The summed E-state index contributed by atoms with van der Waals surface area (Å²) in [4.78, 5) is 15.2. The zero-order chi connectivity index (χ0) is 16.5. The third kappa shape index (κ3) is 2.57. The minimum atomic E-state index is 0.0729. The van der Waals surface area contributed by atoms with Gasteiger partial charge in [0, 0.05) is 19.0 Å². The van der Waals surface area contributed by atoms with Crippen LogP contribution in [-0.2, 0) is 7.05 Å². The molecule has 0 bridgehead atoms. The van der Waals surface area contributed by atoms with Crippen LogP contribution in [0, 0.1) is 0 Å². The third-order valence-corrected chi connectivity index (χ3v) is 4.95. The van der Waals surface area contributed by atoms with E-state index >= 15 is 0 Å². The molecule has 2 heterocycles. The standard InChI is InChI=1S/C20H22N2O2/c1-21-17-9-3-2-7-15(17)20(23)16-8-6-10-18(19(16)21)24-14-13-22-11-4-5-12-22/h2-3,6-10H,4-5,11-14H2,1H3. The molecule has 124 valence electrons. The van der Waals surface area contributed by atoms with Crippen molar-refractivity contribution >= 4 is 21.8 Å². The van der Waals surface area contributed by atoms with Gasteiger partial charge in [0.05, 0.1) is 16.4 Å². The predicted octanol–water partition coefficient (Wildman–Crippen LogP) is 3.17. The first-order valence-electron chi connectivity index (χ1n) is 8.61. The first kappa shape index (κ1) is 15.2. The van der Waals surface area contributed by atoms with E-state index < -0.39 is 0 Å². The summed E-state index contributed by atoms with van der Waals surface area (Å²) in [6, 6.07) is 13.5. The molecule has 0 unspecified atom stereocenters. The Balaban J connectivity index is 1.74. The molecule has 0 N–H and O–H groups in total. The maximum Gasteiger partial charge on any atom is 0.197 e. The summed E-state index contributed by atoms with van der Waals surface area (Å²) >= 11 is 0. The number of pyridine rings is 1. The number of hydrogen-bond acceptors (Lipinski definition) is 3. The number of rotatable bonds is 4. The second-order valence-corrected chi connectivity index (χ2v) is 6.45. The molecule has 24 heavy (non-hydrogen) atoms. The highest BCUT2D eigenvalue weighted by Gasteiger charge is 2.14. The fraction of sp³-hybridized carbons (Fsp3) is 0.350. The van der Waals surface area contributed by atoms with Crippen LogP contribution in [0.4, 0.5) is 0 Å². The normalized spacial score (nSPS) is 15.4. The Hall–Kier alpha value is -2.33. The van der Waals surface area contributed by atoms with Gasteiger partial charge in [-0.3, -0.25) is 9.69 Å². The average Bonchev–Trinajstić information content (AvgIpc) is 3.13. The van der Waals surface area contributed by atoms with Gasteiger partial charge in [-0.1, -0.05) is 18.2 Å². The SMILES string of the molecule is Cn1c2ccccc2c(=O)c2cccc(OCCN3CCCC3)c21. The van der Waals surface area contributed by atoms with Crippen molar-refractivity contribution in [3.63, 3.8) is 0 Å². The van der Waals surface area contributed by atoms with E-state index in [1.54, 1.807) is 0 Å². The number of likely N-dealkylation sites (tertiary alicyclic amines) is 1. The van der Waals surface area contributed by atoms with Gasteiger partial charge in [0.15, 0.2) is 5.43 Å². The van der Waals surface area contributed by atoms with Gasteiger partial charge in [-0.15, -0.1) is 0 Å². The molecule has 0 spiro atoms. The Morgan fingerprint density at radius 3 is 2.58 bits per heavy atom. The fourth-order valence-corrected chi connectivity index (χ4v) is 3.68. The molecule has 3 aromatic rings. The molecule has 1 aromatic heterocycles. The van der Waals surface area contributed by atoms with Gasteiger partial charge in [0.1, 0.15) is 12.4 Å². The van der Waals surface area contributed by atoms with Crippen LogP contribution in [0.5, 0.6) is 5.75 Å². The van der Waals surface area contributed by atoms with Gasteiger partial charge >= 0.3 is 0 Å². The van der Waals surface area contributed by atoms with Crippen molar-refractivity contribution in [1.82, 2.24) is 9.47 Å². The maximum atomic E-state index is 12.8. The smallest absolute Gasteiger partial charge is 0.197 e. The second kappa shape index (κ2) is 6.29. The van der Waals surface area contributed by atoms with Crippen molar-refractivity contribution < 1.29 is 4.74 Å². The lowest BCUT2D eigenvalue weighted by molar-refractivity contribution is 0.239. The van der Waals surface area contributed by atoms with E-state index in [0.717, 1.165) is 34.1 Å². The number of fused-ring (bicyclic) bond motifs is 2. The van der Waals surface area contributed by atoms with Crippen LogP contribution >= 0.6 is 0 Å². The van der Waals surface area contributed by atoms with E-state index in [2.05, 4.69) is 9.47 Å². The summed E-state index contributed by atoms with van der Waals surface area (Å²) in [5.74, 6) is 0.789. The highest BCUT2D eigenvalue weighted by Crippen LogP contribution is 2.26. The minimum absolute atomic E-state index is 0.0729. The number of benzene rings is 2. The number of nitrogens with zero attached hydrogens (tertiary/aromatic N) is 2. The Kier molecular flexibility index (Phi) is 3.98. The van der Waals surface area contributed by atoms with Gasteiger partial charge in [-0.25, -0.2) is 0 Å². The molecule has 0 aliphatic carbocycles. The molecular formula is C20H22N2O2. The number of ether oxygens (including phenoxy) is 1. The van der Waals surface area contributed by atoms with Crippen LogP contribution in [0.25, 0.3) is 21.8 Å². The molecule has 0 radical (unpaired) electrons. The number of para-hydroxylation sites is 2. The summed E-state index contributed by atoms with van der Waals surface area (Å²) in [6.07, 6.45) is 2.57. The molecule has 4 heteroatoms. The van der Waals surface area contributed by atoms with Crippen LogP contribution in [-0.4, -0.2) is 35.7 Å². The van der Waals surface area contributed by atoms with Crippen molar-refractivity contribution in [1.29, 1.82) is 0 Å². The molecule has 0 amide bonds. The summed E-state index contributed by atoms with van der Waals surface area (Å²) in [7, 11) is 2.00. The van der Waals surface area contributed by atoms with Crippen LogP contribution in [0.1, 0.15) is 12.8 Å². The second-order valence-electron chi connectivity index (χ2n) is 6.45. The van der Waals surface area contributed by atoms with E-state index in [0.29, 0.717) is 6.61 Å². The fourth-order valence-electron chi connectivity index (χ4n) is 3.68. The molecule has 4 nitrogen and oxygen atoms in total. The Morgan fingerprint density at radius 1 is 1.00 bits per heavy atom. The van der Waals surface area contributed by atoms with E-state index in [9.17, 15) is 4.79 Å². The lowest BCUT2D eigenvalue weighted by Crippen LogP contribution is -2.25. The van der Waals surface area contributed by atoms with E-state index in [1.165, 1.54) is 25.9 Å². The molecular weight excluding hydrogens is 300 g/mol. The van der Waals surface area contributed by atoms with Crippen molar-refractivity contribution in [2.24, 2.45) is 7.05 Å². The van der Waals surface area contributed by atoms with Crippen molar-refractivity contribution in [2.45, 2.75) is 12.8 Å². The van der Waals surface area contributed by atoms with Crippen molar-refractivity contribution in [3.8, 4) is 5.75 Å². The zero-order valence-corrected chi connectivity index (χ0v) is 14.0. The summed E-state index contributed by atoms with van der Waals surface area (Å²) in [6.45, 7) is 3.93. The maximum absolute atomic E-state index is 12.8. The molecule has 1 saturated heterocycles. The Morgan fingerprint density at radius 2 is 1.75 bits per heavy atom. The van der Waals surface area contributed by atoms with Gasteiger partial charge in [0.2, 0.25) is 0 Å². The van der Waals surface area contributed by atoms with Gasteiger partial charge in [-0.2, -0.15) is 0 Å². The van der Waals surface area contributed by atoms with Crippen LogP contribution in [0.15, 0.2) is 47.3 Å². The quantitative estimate of drug-likeness (QED) is 0.692. The zero-order valence-electron chi connectivity index (χ0n) is 14.0. The number of aryl methyl sites for hydroxylation is 1. The van der Waals surface area contributed by atoms with Gasteiger partial charge in [-0.05, 0) is 50.2 Å². The molecule has 4 rings (SSSR count). The molecule has 1 aliphatic rings. The molecule has 0 atom stereocenters. The summed E-state index contributed by atoms with van der Waals surface area (Å²) in [5, 5.41) is 1.47. The van der Waals surface area contributed by atoms with Crippen LogP contribution in [0.3, 0.4) is 0 Å². The van der Waals surface area contributed by atoms with E-state index in [-0.39, 0.29) is 5.43 Å². The molecule has 1 aliphatic heterocycles. The largest absolute Gasteiger partial charge is 0.490 e. The van der Waals surface area contributed by atoms with Crippen molar-refractivity contribution in [2.75, 3.05) is 26.2 Å². The lowest BCUT2D eigenvalue weighted by atomic mass is 10.1. The molecule has 2 aromatic carbocycles. The number of aromatic nitrogens is 1. The lowest BCUT2D eigenvalue weighted by Gasteiger charge is -2.17. The van der Waals surface area contributed by atoms with E-state index in [1.807, 2.05) is 49.5 Å². The van der Waals surface area contributed by atoms with Gasteiger partial charge in [0.25, 0.3) is 0 Å². The highest BCUT2D eigenvalue weighted by atomic mass is 16.5. The summed E-state index contributed by atoms with van der Waals surface area (Å²) in [5.41, 5.74) is 1.89. The topological polar surface area (TPSA) is 34.5 Å². The average molecular weight is 322 g/mol. The Bertz CT molecular complexity index is 939. The van der Waals surface area contributed by atoms with Crippen LogP contribution < -0.4 is 10.2 Å². The summed E-state index contributed by atoms with van der Waals surface area (Å²) < 4.78 is 8.13. The van der Waals surface area contributed by atoms with E-state index in [4.69, 9.17) is 4.74 Å². The number of hydrogen-bond donors (Lipinski definition) is 0. The first-order chi connectivity index (χ1) is 11.8. The Labute approximate surface area is 141 Å². The predicted molar refractivity (Wildman–Crippen MR) is 97.9 cm³/mol. The third-order valence-electron chi connectivity index (χ3n) is 4.95.